The summed E-state index contributed by atoms with van der Waals surface area (Å²) in [4.78, 5) is 13.5. The fraction of sp³-hybridized carbons (Fsp3) is 0.321. The van der Waals surface area contributed by atoms with Gasteiger partial charge in [0.1, 0.15) is 0 Å². The summed E-state index contributed by atoms with van der Waals surface area (Å²) in [6.07, 6.45) is 2.95. The molecule has 8 nitrogen and oxygen atoms in total. The average molecular weight is 521 g/mol. The molecule has 1 aliphatic carbocycles. The summed E-state index contributed by atoms with van der Waals surface area (Å²) >= 11 is 0. The van der Waals surface area contributed by atoms with Gasteiger partial charge >= 0.3 is 0 Å². The lowest BCUT2D eigenvalue weighted by Crippen LogP contribution is -2.37. The van der Waals surface area contributed by atoms with Crippen LogP contribution in [0.15, 0.2) is 71.6 Å². The Labute approximate surface area is 215 Å². The molecule has 2 fully saturated rings. The highest BCUT2D eigenvalue weighted by atomic mass is 32.2. The lowest BCUT2D eigenvalue weighted by atomic mass is 9.94. The molecular weight excluding hydrogens is 492 g/mol. The number of amides is 1. The first kappa shape index (κ1) is 24.0. The number of hydrogen-bond acceptors (Lipinski definition) is 6. The van der Waals surface area contributed by atoms with E-state index in [1.165, 1.54) is 4.31 Å². The molecule has 1 saturated heterocycles. The zero-order valence-electron chi connectivity index (χ0n) is 20.2. The van der Waals surface area contributed by atoms with Crippen molar-refractivity contribution in [3.05, 3.63) is 72.3 Å². The number of hydrogen-bond donors (Lipinski definition) is 2. The molecule has 0 aromatic heterocycles. The Kier molecular flexibility index (Phi) is 5.94. The van der Waals surface area contributed by atoms with Gasteiger partial charge in [0.15, 0.2) is 11.5 Å². The van der Waals surface area contributed by atoms with Crippen LogP contribution in [-0.2, 0) is 20.2 Å². The SMILES string of the molecule is O=C(Nc1cccc(-c2ccc(S(=O)(=O)N3CCC[C@@H]3CO)cc2)c1)C1(c2ccc3c(c2)OCO3)CC1. The van der Waals surface area contributed by atoms with E-state index in [9.17, 15) is 18.3 Å². The van der Waals surface area contributed by atoms with Crippen molar-refractivity contribution in [2.75, 3.05) is 25.3 Å². The van der Waals surface area contributed by atoms with E-state index in [1.807, 2.05) is 42.5 Å². The summed E-state index contributed by atoms with van der Waals surface area (Å²) in [5, 5.41) is 12.6. The number of carbonyl (C=O) groups excluding carboxylic acids is 1. The molecule has 3 aromatic rings. The van der Waals surface area contributed by atoms with Crippen molar-refractivity contribution in [3.8, 4) is 22.6 Å². The van der Waals surface area contributed by atoms with Gasteiger partial charge in [-0.15, -0.1) is 0 Å². The summed E-state index contributed by atoms with van der Waals surface area (Å²) in [5.74, 6) is 1.30. The summed E-state index contributed by atoms with van der Waals surface area (Å²) in [5.41, 5.74) is 2.73. The average Bonchev–Trinajstić information content (AvgIpc) is 3.35. The third kappa shape index (κ3) is 4.27. The molecule has 0 unspecified atom stereocenters. The second-order valence-corrected chi connectivity index (χ2v) is 11.7. The maximum atomic E-state index is 13.3. The number of aliphatic hydroxyl groups excluding tert-OH is 1. The van der Waals surface area contributed by atoms with E-state index in [-0.39, 0.29) is 30.2 Å². The first-order valence-electron chi connectivity index (χ1n) is 12.5. The Hall–Kier alpha value is -3.40. The number of sulfonamides is 1. The van der Waals surface area contributed by atoms with Crippen LogP contribution in [0.4, 0.5) is 5.69 Å². The number of ether oxygens (including phenoxy) is 2. The van der Waals surface area contributed by atoms with E-state index in [0.29, 0.717) is 30.2 Å². The van der Waals surface area contributed by atoms with Gasteiger partial charge in [0.25, 0.3) is 0 Å². The molecule has 6 rings (SSSR count). The summed E-state index contributed by atoms with van der Waals surface area (Å²) in [6.45, 7) is 0.440. The lowest BCUT2D eigenvalue weighted by molar-refractivity contribution is -0.118. The number of aliphatic hydroxyl groups is 1. The van der Waals surface area contributed by atoms with Crippen molar-refractivity contribution in [3.63, 3.8) is 0 Å². The van der Waals surface area contributed by atoms with Crippen molar-refractivity contribution in [1.29, 1.82) is 0 Å². The topological polar surface area (TPSA) is 105 Å². The highest BCUT2D eigenvalue weighted by Gasteiger charge is 2.51. The second-order valence-electron chi connectivity index (χ2n) is 9.80. The maximum Gasteiger partial charge on any atom is 0.243 e. The zero-order valence-corrected chi connectivity index (χ0v) is 21.0. The van der Waals surface area contributed by atoms with Crippen LogP contribution < -0.4 is 14.8 Å². The Morgan fingerprint density at radius 2 is 1.78 bits per heavy atom. The largest absolute Gasteiger partial charge is 0.454 e. The minimum atomic E-state index is -3.66. The molecule has 0 radical (unpaired) electrons. The third-order valence-corrected chi connectivity index (χ3v) is 9.52. The Morgan fingerprint density at radius 3 is 2.54 bits per heavy atom. The van der Waals surface area contributed by atoms with E-state index in [1.54, 1.807) is 24.3 Å². The highest BCUT2D eigenvalue weighted by molar-refractivity contribution is 7.89. The Balaban J connectivity index is 1.19. The standard InChI is InChI=1S/C28H28N2O6S/c31-17-23-5-2-14-30(23)37(33,34)24-9-6-19(7-10-24)20-3-1-4-22(15-20)29-27(32)28(12-13-28)21-8-11-25-26(16-21)36-18-35-25/h1,3-4,6-11,15-16,23,31H,2,5,12-14,17-18H2,(H,29,32)/t23-/m1/s1. The normalized spacial score (nSPS) is 20.1. The molecular formula is C28H28N2O6S. The molecule has 1 atom stereocenters. The minimum Gasteiger partial charge on any atom is -0.454 e. The van der Waals surface area contributed by atoms with Gasteiger partial charge in [0, 0.05) is 18.3 Å². The zero-order chi connectivity index (χ0) is 25.6. The van der Waals surface area contributed by atoms with Crippen molar-refractivity contribution in [2.24, 2.45) is 0 Å². The number of nitrogens with zero attached hydrogens (tertiary/aromatic N) is 1. The molecule has 2 N–H and O–H groups in total. The number of carbonyl (C=O) groups is 1. The van der Waals surface area contributed by atoms with Gasteiger partial charge in [-0.2, -0.15) is 4.31 Å². The predicted molar refractivity (Wildman–Crippen MR) is 138 cm³/mol. The van der Waals surface area contributed by atoms with E-state index in [4.69, 9.17) is 9.47 Å². The number of rotatable bonds is 7. The van der Waals surface area contributed by atoms with Crippen LogP contribution in [0.25, 0.3) is 11.1 Å². The summed E-state index contributed by atoms with van der Waals surface area (Å²) < 4.78 is 38.4. The molecule has 3 aliphatic rings. The van der Waals surface area contributed by atoms with Gasteiger partial charge in [-0.3, -0.25) is 4.79 Å². The van der Waals surface area contributed by atoms with Crippen molar-refractivity contribution in [2.45, 2.75) is 42.0 Å². The Morgan fingerprint density at radius 1 is 1.00 bits per heavy atom. The fourth-order valence-electron chi connectivity index (χ4n) is 5.26. The summed E-state index contributed by atoms with van der Waals surface area (Å²) in [6, 6.07) is 19.6. The van der Waals surface area contributed by atoms with E-state index < -0.39 is 15.4 Å². The predicted octanol–water partition coefficient (Wildman–Crippen LogP) is 3.90. The molecule has 37 heavy (non-hydrogen) atoms. The van der Waals surface area contributed by atoms with E-state index in [0.717, 1.165) is 36.0 Å². The van der Waals surface area contributed by atoms with Crippen LogP contribution >= 0.6 is 0 Å². The third-order valence-electron chi connectivity index (χ3n) is 7.56. The number of nitrogens with one attached hydrogen (secondary N) is 1. The van der Waals surface area contributed by atoms with Crippen molar-refractivity contribution < 1.29 is 27.8 Å². The second kappa shape index (κ2) is 9.16. The van der Waals surface area contributed by atoms with Gasteiger partial charge in [0.05, 0.1) is 16.9 Å². The van der Waals surface area contributed by atoms with Crippen molar-refractivity contribution in [1.82, 2.24) is 4.31 Å². The number of fused-ring (bicyclic) bond motifs is 1. The van der Waals surface area contributed by atoms with Crippen LogP contribution in [0.2, 0.25) is 0 Å². The van der Waals surface area contributed by atoms with Gasteiger partial charge in [-0.1, -0.05) is 30.3 Å². The molecule has 9 heteroatoms. The van der Waals surface area contributed by atoms with E-state index >= 15 is 0 Å². The number of anilines is 1. The lowest BCUT2D eigenvalue weighted by Gasteiger charge is -2.22. The highest BCUT2D eigenvalue weighted by Crippen LogP contribution is 2.51. The van der Waals surface area contributed by atoms with Crippen LogP contribution in [0, 0.1) is 0 Å². The molecule has 1 amide bonds. The van der Waals surface area contributed by atoms with E-state index in [2.05, 4.69) is 5.32 Å². The molecule has 0 bridgehead atoms. The molecule has 2 heterocycles. The minimum absolute atomic E-state index is 0.0611. The first-order chi connectivity index (χ1) is 17.9. The van der Waals surface area contributed by atoms with Gasteiger partial charge in [0.2, 0.25) is 22.7 Å². The van der Waals surface area contributed by atoms with Gasteiger partial charge in [-0.25, -0.2) is 8.42 Å². The molecule has 1 saturated carbocycles. The fourth-order valence-corrected chi connectivity index (χ4v) is 6.94. The van der Waals surface area contributed by atoms with Gasteiger partial charge < -0.3 is 19.9 Å². The van der Waals surface area contributed by atoms with Crippen LogP contribution in [0.3, 0.4) is 0 Å². The first-order valence-corrected chi connectivity index (χ1v) is 13.9. The van der Waals surface area contributed by atoms with Crippen LogP contribution in [-0.4, -0.2) is 49.7 Å². The van der Waals surface area contributed by atoms with Crippen molar-refractivity contribution >= 4 is 21.6 Å². The maximum absolute atomic E-state index is 13.3. The smallest absolute Gasteiger partial charge is 0.243 e. The van der Waals surface area contributed by atoms with Gasteiger partial charge in [-0.05, 0) is 78.8 Å². The quantitative estimate of drug-likeness (QED) is 0.490. The van der Waals surface area contributed by atoms with Crippen LogP contribution in [0.5, 0.6) is 11.5 Å². The molecule has 192 valence electrons. The van der Waals surface area contributed by atoms with Crippen LogP contribution in [0.1, 0.15) is 31.2 Å². The summed E-state index contributed by atoms with van der Waals surface area (Å²) in [7, 11) is -3.66. The molecule has 3 aromatic carbocycles. The Bertz CT molecular complexity index is 1450. The number of benzene rings is 3. The molecule has 0 spiro atoms. The monoisotopic (exact) mass is 520 g/mol. The molecule has 2 aliphatic heterocycles.